The van der Waals surface area contributed by atoms with Gasteiger partial charge < -0.3 is 10.3 Å². The van der Waals surface area contributed by atoms with Crippen molar-refractivity contribution in [3.05, 3.63) is 35.2 Å². The number of aromatic nitrogens is 2. The van der Waals surface area contributed by atoms with Gasteiger partial charge in [0.1, 0.15) is 0 Å². The van der Waals surface area contributed by atoms with Crippen LogP contribution < -0.4 is 5.73 Å². The maximum absolute atomic E-state index is 5.90. The van der Waals surface area contributed by atoms with Gasteiger partial charge in [0.2, 0.25) is 11.7 Å². The summed E-state index contributed by atoms with van der Waals surface area (Å²) >= 11 is 5.89. The summed E-state index contributed by atoms with van der Waals surface area (Å²) in [7, 11) is 0. The number of likely N-dealkylation sites (tertiary alicyclic amines) is 1. The van der Waals surface area contributed by atoms with Gasteiger partial charge in [0.25, 0.3) is 0 Å². The zero-order valence-electron chi connectivity index (χ0n) is 13.1. The van der Waals surface area contributed by atoms with E-state index in [4.69, 9.17) is 21.9 Å². The van der Waals surface area contributed by atoms with Crippen molar-refractivity contribution in [2.45, 2.75) is 32.4 Å². The highest BCUT2D eigenvalue weighted by atomic mass is 35.5. The Labute approximate surface area is 147 Å². The molecule has 23 heavy (non-hydrogen) atoms. The van der Waals surface area contributed by atoms with Crippen molar-refractivity contribution >= 4 is 24.0 Å². The van der Waals surface area contributed by atoms with E-state index in [0.29, 0.717) is 35.9 Å². The van der Waals surface area contributed by atoms with Crippen LogP contribution in [-0.2, 0) is 6.54 Å². The molecule has 1 aliphatic heterocycles. The van der Waals surface area contributed by atoms with Gasteiger partial charge in [-0.3, -0.25) is 4.90 Å². The van der Waals surface area contributed by atoms with Gasteiger partial charge in [0.15, 0.2) is 0 Å². The Hall–Kier alpha value is -1.14. The molecule has 1 aromatic carbocycles. The lowest BCUT2D eigenvalue weighted by Gasteiger charge is -2.36. The highest BCUT2D eigenvalue weighted by Gasteiger charge is 2.26. The quantitative estimate of drug-likeness (QED) is 0.909. The highest BCUT2D eigenvalue weighted by molar-refractivity contribution is 6.30. The van der Waals surface area contributed by atoms with Gasteiger partial charge in [-0.1, -0.05) is 23.7 Å². The second-order valence-corrected chi connectivity index (χ2v) is 6.44. The topological polar surface area (TPSA) is 68.2 Å². The molecule has 0 saturated carbocycles. The Morgan fingerprint density at radius 2 is 2.09 bits per heavy atom. The Kier molecular flexibility index (Phi) is 6.41. The first-order chi connectivity index (χ1) is 10.7. The van der Waals surface area contributed by atoms with E-state index in [1.807, 2.05) is 24.3 Å². The molecule has 0 spiro atoms. The number of hydrogen-bond acceptors (Lipinski definition) is 5. The Bertz CT molecular complexity index is 617. The summed E-state index contributed by atoms with van der Waals surface area (Å²) in [5.41, 5.74) is 6.80. The van der Waals surface area contributed by atoms with Gasteiger partial charge in [0.05, 0.1) is 6.54 Å². The van der Waals surface area contributed by atoms with Crippen molar-refractivity contribution in [3.63, 3.8) is 0 Å². The molecule has 2 heterocycles. The molecular formula is C16H22Cl2N4O. The van der Waals surface area contributed by atoms with Crippen LogP contribution >= 0.6 is 24.0 Å². The van der Waals surface area contributed by atoms with E-state index >= 15 is 0 Å². The molecule has 1 fully saturated rings. The molecule has 5 nitrogen and oxygen atoms in total. The summed E-state index contributed by atoms with van der Waals surface area (Å²) in [5.74, 6) is 1.97. The smallest absolute Gasteiger partial charge is 0.241 e. The van der Waals surface area contributed by atoms with Crippen LogP contribution in [0.5, 0.6) is 0 Å². The predicted octanol–water partition coefficient (Wildman–Crippen LogP) is 3.37. The van der Waals surface area contributed by atoms with Crippen LogP contribution in [0.2, 0.25) is 5.02 Å². The molecule has 1 aromatic heterocycles. The molecule has 0 bridgehead atoms. The Morgan fingerprint density at radius 3 is 2.78 bits per heavy atom. The highest BCUT2D eigenvalue weighted by Crippen LogP contribution is 2.24. The van der Waals surface area contributed by atoms with Crippen LogP contribution in [0.25, 0.3) is 11.4 Å². The third kappa shape index (κ3) is 4.44. The maximum Gasteiger partial charge on any atom is 0.241 e. The molecule has 0 radical (unpaired) electrons. The van der Waals surface area contributed by atoms with E-state index in [1.165, 1.54) is 6.42 Å². The number of benzene rings is 1. The zero-order chi connectivity index (χ0) is 15.5. The average Bonchev–Trinajstić information content (AvgIpc) is 2.98. The third-order valence-corrected chi connectivity index (χ3v) is 4.53. The molecule has 2 aromatic rings. The first-order valence-corrected chi connectivity index (χ1v) is 8.06. The molecule has 1 aliphatic rings. The number of hydrogen-bond donors (Lipinski definition) is 1. The van der Waals surface area contributed by atoms with Crippen molar-refractivity contribution in [2.75, 3.05) is 13.1 Å². The van der Waals surface area contributed by atoms with E-state index in [1.54, 1.807) is 0 Å². The minimum Gasteiger partial charge on any atom is -0.338 e. The van der Waals surface area contributed by atoms with Gasteiger partial charge in [-0.05, 0) is 49.6 Å². The Morgan fingerprint density at radius 1 is 1.35 bits per heavy atom. The SMILES string of the molecule is CC1CCN(Cc2nc(-c3ccc(Cl)cc3)no2)C(CN)C1.Cl. The van der Waals surface area contributed by atoms with Crippen LogP contribution in [0.4, 0.5) is 0 Å². The fraction of sp³-hybridized carbons (Fsp3) is 0.500. The Balaban J connectivity index is 0.00000192. The monoisotopic (exact) mass is 356 g/mol. The third-order valence-electron chi connectivity index (χ3n) is 4.28. The van der Waals surface area contributed by atoms with Crippen LogP contribution in [0.3, 0.4) is 0 Å². The number of halogens is 2. The first-order valence-electron chi connectivity index (χ1n) is 7.68. The first kappa shape index (κ1) is 18.2. The summed E-state index contributed by atoms with van der Waals surface area (Å²) in [6.45, 7) is 4.64. The van der Waals surface area contributed by atoms with Crippen LogP contribution in [-0.4, -0.2) is 34.2 Å². The normalized spacial score (nSPS) is 21.9. The molecule has 7 heteroatoms. The molecule has 0 aliphatic carbocycles. The number of nitrogens with zero attached hydrogens (tertiary/aromatic N) is 3. The zero-order valence-corrected chi connectivity index (χ0v) is 14.7. The van der Waals surface area contributed by atoms with E-state index in [-0.39, 0.29) is 12.4 Å². The lowest BCUT2D eigenvalue weighted by atomic mass is 9.92. The lowest BCUT2D eigenvalue weighted by Crippen LogP contribution is -2.45. The van der Waals surface area contributed by atoms with Crippen LogP contribution in [0, 0.1) is 5.92 Å². The van der Waals surface area contributed by atoms with Crippen molar-refractivity contribution in [3.8, 4) is 11.4 Å². The largest absolute Gasteiger partial charge is 0.338 e. The summed E-state index contributed by atoms with van der Waals surface area (Å²) in [5, 5.41) is 4.76. The van der Waals surface area contributed by atoms with Crippen molar-refractivity contribution in [1.29, 1.82) is 0 Å². The number of rotatable bonds is 4. The van der Waals surface area contributed by atoms with E-state index in [9.17, 15) is 0 Å². The molecule has 0 amide bonds. The van der Waals surface area contributed by atoms with E-state index < -0.39 is 0 Å². The van der Waals surface area contributed by atoms with Gasteiger partial charge in [-0.15, -0.1) is 12.4 Å². The summed E-state index contributed by atoms with van der Waals surface area (Å²) < 4.78 is 5.40. The second-order valence-electron chi connectivity index (χ2n) is 6.01. The second kappa shape index (κ2) is 8.11. The fourth-order valence-electron chi connectivity index (χ4n) is 2.96. The van der Waals surface area contributed by atoms with Crippen molar-refractivity contribution in [1.82, 2.24) is 15.0 Å². The van der Waals surface area contributed by atoms with Crippen LogP contribution in [0.15, 0.2) is 28.8 Å². The maximum atomic E-state index is 5.90. The summed E-state index contributed by atoms with van der Waals surface area (Å²) in [6, 6.07) is 7.83. The predicted molar refractivity (Wildman–Crippen MR) is 93.6 cm³/mol. The van der Waals surface area contributed by atoms with Crippen LogP contribution in [0.1, 0.15) is 25.7 Å². The molecule has 2 unspecified atom stereocenters. The van der Waals surface area contributed by atoms with Gasteiger partial charge >= 0.3 is 0 Å². The summed E-state index contributed by atoms with van der Waals surface area (Å²) in [4.78, 5) is 6.84. The minimum atomic E-state index is 0. The molecule has 3 rings (SSSR count). The fourth-order valence-corrected chi connectivity index (χ4v) is 3.09. The van der Waals surface area contributed by atoms with Gasteiger partial charge in [-0.2, -0.15) is 4.98 Å². The molecule has 126 valence electrons. The van der Waals surface area contributed by atoms with Crippen molar-refractivity contribution < 1.29 is 4.52 Å². The molecule has 1 saturated heterocycles. The lowest BCUT2D eigenvalue weighted by molar-refractivity contribution is 0.102. The molecule has 2 N–H and O–H groups in total. The number of nitrogens with two attached hydrogens (primary N) is 1. The molecular weight excluding hydrogens is 335 g/mol. The van der Waals surface area contributed by atoms with E-state index in [0.717, 1.165) is 24.4 Å². The van der Waals surface area contributed by atoms with E-state index in [2.05, 4.69) is 22.0 Å². The van der Waals surface area contributed by atoms with Gasteiger partial charge in [-0.25, -0.2) is 0 Å². The minimum absolute atomic E-state index is 0. The average molecular weight is 357 g/mol. The molecule has 2 atom stereocenters. The number of piperidine rings is 1. The standard InChI is InChI=1S/C16H21ClN4O.ClH/c1-11-6-7-21(14(8-11)9-18)10-15-19-16(20-22-15)12-2-4-13(17)5-3-12;/h2-5,11,14H,6-10,18H2,1H3;1H. The summed E-state index contributed by atoms with van der Waals surface area (Å²) in [6.07, 6.45) is 2.32. The van der Waals surface area contributed by atoms with Crippen molar-refractivity contribution in [2.24, 2.45) is 11.7 Å². The van der Waals surface area contributed by atoms with Gasteiger partial charge in [0, 0.05) is 23.2 Å².